The van der Waals surface area contributed by atoms with Crippen LogP contribution in [-0.4, -0.2) is 22.5 Å². The number of hydrogen-bond acceptors (Lipinski definition) is 5. The van der Waals surface area contributed by atoms with E-state index >= 15 is 0 Å². The highest BCUT2D eigenvalue weighted by Gasteiger charge is 2.42. The third-order valence-electron chi connectivity index (χ3n) is 6.01. The molecular formula is C23H23N3OS. The third kappa shape index (κ3) is 2.94. The van der Waals surface area contributed by atoms with Gasteiger partial charge in [0, 0.05) is 35.2 Å². The van der Waals surface area contributed by atoms with Gasteiger partial charge in [-0.1, -0.05) is 42.1 Å². The Labute approximate surface area is 169 Å². The molecular weight excluding hydrogens is 366 g/mol. The summed E-state index contributed by atoms with van der Waals surface area (Å²) in [6.45, 7) is 2.94. The molecule has 2 aliphatic heterocycles. The number of nitrogens with zero attached hydrogens (tertiary/aromatic N) is 2. The van der Waals surface area contributed by atoms with Crippen molar-refractivity contribution < 1.29 is 4.74 Å². The molecule has 0 fully saturated rings. The number of pyridine rings is 1. The van der Waals surface area contributed by atoms with E-state index in [4.69, 9.17) is 15.5 Å². The summed E-state index contributed by atoms with van der Waals surface area (Å²) in [5.41, 5.74) is 9.26. The number of nitrogens with two attached hydrogens (primary N) is 1. The number of hydrogen-bond donors (Lipinski definition) is 1. The highest BCUT2D eigenvalue weighted by molar-refractivity contribution is 8.13. The zero-order chi connectivity index (χ0) is 19.1. The lowest BCUT2D eigenvalue weighted by Crippen LogP contribution is -2.37. The molecule has 2 aromatic carbocycles. The first-order valence-electron chi connectivity index (χ1n) is 9.70. The summed E-state index contributed by atoms with van der Waals surface area (Å²) >= 11 is 1.66. The Morgan fingerprint density at radius 1 is 1.21 bits per heavy atom. The molecule has 0 bridgehead atoms. The second-order valence-electron chi connectivity index (χ2n) is 7.73. The van der Waals surface area contributed by atoms with Crippen molar-refractivity contribution in [1.29, 1.82) is 0 Å². The fourth-order valence-electron chi connectivity index (χ4n) is 4.38. The number of fused-ring (bicyclic) bond motifs is 4. The van der Waals surface area contributed by atoms with Crippen LogP contribution in [-0.2, 0) is 12.0 Å². The van der Waals surface area contributed by atoms with E-state index in [9.17, 15) is 0 Å². The summed E-state index contributed by atoms with van der Waals surface area (Å²) in [5, 5.41) is 3.10. The number of benzene rings is 2. The van der Waals surface area contributed by atoms with Crippen LogP contribution in [0, 0.1) is 5.92 Å². The third-order valence-corrected chi connectivity index (χ3v) is 6.97. The normalized spacial score (nSPS) is 23.9. The number of ether oxygens (including phenoxy) is 1. The van der Waals surface area contributed by atoms with Crippen LogP contribution in [0.3, 0.4) is 0 Å². The smallest absolute Gasteiger partial charge is 0.154 e. The minimum atomic E-state index is -0.330. The Kier molecular flexibility index (Phi) is 4.27. The van der Waals surface area contributed by atoms with E-state index in [1.165, 1.54) is 16.3 Å². The maximum Gasteiger partial charge on any atom is 0.154 e. The Balaban J connectivity index is 1.58. The maximum atomic E-state index is 6.12. The van der Waals surface area contributed by atoms with Crippen LogP contribution in [0.1, 0.15) is 30.2 Å². The molecule has 0 unspecified atom stereocenters. The van der Waals surface area contributed by atoms with Gasteiger partial charge >= 0.3 is 0 Å². The van der Waals surface area contributed by atoms with E-state index in [0.717, 1.165) is 42.2 Å². The lowest BCUT2D eigenvalue weighted by atomic mass is 9.78. The fourth-order valence-corrected chi connectivity index (χ4v) is 5.50. The van der Waals surface area contributed by atoms with Crippen molar-refractivity contribution in [2.45, 2.75) is 25.3 Å². The van der Waals surface area contributed by atoms with Crippen LogP contribution in [0.2, 0.25) is 0 Å². The first-order valence-corrected chi connectivity index (χ1v) is 10.7. The molecule has 28 heavy (non-hydrogen) atoms. The van der Waals surface area contributed by atoms with Crippen molar-refractivity contribution in [3.05, 3.63) is 71.5 Å². The summed E-state index contributed by atoms with van der Waals surface area (Å²) in [6.07, 6.45) is 3.67. The van der Waals surface area contributed by atoms with Gasteiger partial charge in [-0.3, -0.25) is 9.98 Å². The summed E-state index contributed by atoms with van der Waals surface area (Å²) < 4.78 is 6.08. The van der Waals surface area contributed by atoms with Crippen LogP contribution < -0.4 is 10.5 Å². The van der Waals surface area contributed by atoms with Gasteiger partial charge in [0.15, 0.2) is 5.17 Å². The SMILES string of the molecule is C[C@]12N=C(N)SC[C@H]1CCOc1ccc(Cc3nccc4ccccc34)cc12. The monoisotopic (exact) mass is 389 g/mol. The van der Waals surface area contributed by atoms with Gasteiger partial charge in [-0.05, 0) is 42.5 Å². The number of amidine groups is 1. The van der Waals surface area contributed by atoms with Crippen LogP contribution in [0.4, 0.5) is 0 Å². The number of thioether (sulfide) groups is 1. The van der Waals surface area contributed by atoms with Gasteiger partial charge in [-0.2, -0.15) is 0 Å². The summed E-state index contributed by atoms with van der Waals surface area (Å²) in [7, 11) is 0. The maximum absolute atomic E-state index is 6.12. The van der Waals surface area contributed by atoms with Crippen LogP contribution >= 0.6 is 11.8 Å². The van der Waals surface area contributed by atoms with Gasteiger partial charge in [0.25, 0.3) is 0 Å². The van der Waals surface area contributed by atoms with Gasteiger partial charge in [-0.25, -0.2) is 0 Å². The number of rotatable bonds is 2. The zero-order valence-corrected chi connectivity index (χ0v) is 16.7. The van der Waals surface area contributed by atoms with Gasteiger partial charge in [0.1, 0.15) is 5.75 Å². The molecule has 2 aliphatic rings. The second-order valence-corrected chi connectivity index (χ2v) is 8.77. The van der Waals surface area contributed by atoms with Crippen molar-refractivity contribution in [3.8, 4) is 5.75 Å². The van der Waals surface area contributed by atoms with Crippen LogP contribution in [0.25, 0.3) is 10.8 Å². The summed E-state index contributed by atoms with van der Waals surface area (Å²) in [5.74, 6) is 2.35. The van der Waals surface area contributed by atoms with Crippen molar-refractivity contribution in [1.82, 2.24) is 4.98 Å². The van der Waals surface area contributed by atoms with Crippen molar-refractivity contribution in [2.75, 3.05) is 12.4 Å². The molecule has 5 rings (SSSR count). The predicted molar refractivity (Wildman–Crippen MR) is 116 cm³/mol. The minimum absolute atomic E-state index is 0.330. The predicted octanol–water partition coefficient (Wildman–Crippen LogP) is 4.50. The minimum Gasteiger partial charge on any atom is -0.493 e. The van der Waals surface area contributed by atoms with Crippen molar-refractivity contribution in [2.24, 2.45) is 16.6 Å². The Bertz CT molecular complexity index is 1080. The van der Waals surface area contributed by atoms with Gasteiger partial charge < -0.3 is 10.5 Å². The molecule has 0 amide bonds. The Morgan fingerprint density at radius 3 is 3.04 bits per heavy atom. The van der Waals surface area contributed by atoms with Gasteiger partial charge in [0.05, 0.1) is 17.8 Å². The van der Waals surface area contributed by atoms with Crippen LogP contribution in [0.5, 0.6) is 5.75 Å². The first kappa shape index (κ1) is 17.6. The summed E-state index contributed by atoms with van der Waals surface area (Å²) in [4.78, 5) is 9.56. The zero-order valence-electron chi connectivity index (χ0n) is 15.9. The molecule has 2 atom stereocenters. The Morgan fingerprint density at radius 2 is 2.11 bits per heavy atom. The molecule has 142 valence electrons. The second kappa shape index (κ2) is 6.82. The largest absolute Gasteiger partial charge is 0.493 e. The average molecular weight is 390 g/mol. The Hall–Kier alpha value is -2.53. The highest BCUT2D eigenvalue weighted by atomic mass is 32.2. The van der Waals surface area contributed by atoms with Gasteiger partial charge in [0.2, 0.25) is 0 Å². The lowest BCUT2D eigenvalue weighted by molar-refractivity contribution is 0.271. The molecule has 3 heterocycles. The fraction of sp³-hybridized carbons (Fsp3) is 0.304. The molecule has 0 saturated carbocycles. The molecule has 0 aliphatic carbocycles. The van der Waals surface area contributed by atoms with E-state index in [-0.39, 0.29) is 5.54 Å². The lowest BCUT2D eigenvalue weighted by Gasteiger charge is -2.36. The van der Waals surface area contributed by atoms with E-state index < -0.39 is 0 Å². The quantitative estimate of drug-likeness (QED) is 0.701. The van der Waals surface area contributed by atoms with E-state index in [1.807, 2.05) is 6.20 Å². The highest BCUT2D eigenvalue weighted by Crippen LogP contribution is 2.47. The molecule has 3 aromatic rings. The molecule has 0 spiro atoms. The average Bonchev–Trinajstić information content (AvgIpc) is 2.84. The summed E-state index contributed by atoms with van der Waals surface area (Å²) in [6, 6.07) is 17.0. The van der Waals surface area contributed by atoms with Crippen molar-refractivity contribution >= 4 is 27.7 Å². The molecule has 2 N–H and O–H groups in total. The molecule has 1 aromatic heterocycles. The molecule has 0 radical (unpaired) electrons. The van der Waals surface area contributed by atoms with Gasteiger partial charge in [-0.15, -0.1) is 0 Å². The van der Waals surface area contributed by atoms with Crippen LogP contribution in [0.15, 0.2) is 59.7 Å². The number of aromatic nitrogens is 1. The van der Waals surface area contributed by atoms with Crippen molar-refractivity contribution in [3.63, 3.8) is 0 Å². The topological polar surface area (TPSA) is 60.5 Å². The van der Waals surface area contributed by atoms with E-state index in [2.05, 4.69) is 60.4 Å². The standard InChI is InChI=1S/C23H23N3OS/c1-23-17(14-28-22(24)26-23)9-11-27-21-7-6-15(12-19(21)23)13-20-18-5-3-2-4-16(18)8-10-25-20/h2-8,10,12,17H,9,11,13-14H2,1H3,(H2,24,26)/t17-,23+/m1/s1. The first-order chi connectivity index (χ1) is 13.6. The van der Waals surface area contributed by atoms with E-state index in [0.29, 0.717) is 11.1 Å². The number of aliphatic imine (C=N–C) groups is 1. The molecule has 5 heteroatoms. The molecule has 0 saturated heterocycles. The molecule has 4 nitrogen and oxygen atoms in total. The van der Waals surface area contributed by atoms with E-state index in [1.54, 1.807) is 11.8 Å².